The Morgan fingerprint density at radius 3 is 2.65 bits per heavy atom. The van der Waals surface area contributed by atoms with E-state index in [0.717, 1.165) is 4.47 Å². The number of rotatable bonds is 1. The third-order valence-electron chi connectivity index (χ3n) is 4.36. The second-order valence-electron chi connectivity index (χ2n) is 7.31. The lowest BCUT2D eigenvalue weighted by Gasteiger charge is -2.31. The number of benzene rings is 2. The molecule has 0 fully saturated rings. The van der Waals surface area contributed by atoms with E-state index in [1.54, 1.807) is 11.1 Å². The zero-order valence-electron chi connectivity index (χ0n) is 14.5. The Balaban J connectivity index is 1.97. The predicted molar refractivity (Wildman–Crippen MR) is 106 cm³/mol. The molecule has 2 aliphatic heterocycles. The summed E-state index contributed by atoms with van der Waals surface area (Å²) in [5, 5.41) is 9.66. The minimum absolute atomic E-state index is 0.298. The Bertz CT molecular complexity index is 954. The summed E-state index contributed by atoms with van der Waals surface area (Å²) < 4.78 is 7.12. The minimum Gasteiger partial charge on any atom is -0.437 e. The Labute approximate surface area is 165 Å². The highest BCUT2D eigenvalue weighted by Gasteiger charge is 2.60. The molecule has 1 unspecified atom stereocenters. The van der Waals surface area contributed by atoms with Gasteiger partial charge in [-0.25, -0.2) is 5.01 Å². The maximum atomic E-state index is 13.1. The number of hydrazone groups is 1. The summed E-state index contributed by atoms with van der Waals surface area (Å²) in [6, 6.07) is 12.9. The summed E-state index contributed by atoms with van der Waals surface area (Å²) in [6.45, 7) is 5.97. The maximum Gasteiger partial charge on any atom is 0.311 e. The highest BCUT2D eigenvalue weighted by molar-refractivity contribution is 9.10. The van der Waals surface area contributed by atoms with Crippen LogP contribution in [0, 0.1) is 5.41 Å². The average Bonchev–Trinajstić information content (AvgIpc) is 3.09. The van der Waals surface area contributed by atoms with Crippen LogP contribution in [0.25, 0.3) is 0 Å². The number of nitrogens with one attached hydrogen (secondary N) is 1. The standard InChI is InChI=1S/C19H17BrClN3O2/c1-18(2,3)17-23-24(15-7-5-4-6-13(15)21)19(26-17)12-10-11(20)8-9-14(12)22-16(19)25/h4-10H,1-3H3,(H,22,25). The first-order valence-electron chi connectivity index (χ1n) is 8.18. The molecule has 7 heteroatoms. The molecule has 2 heterocycles. The molecule has 0 bridgehead atoms. The number of fused-ring (bicyclic) bond motifs is 2. The second kappa shape index (κ2) is 5.72. The van der Waals surface area contributed by atoms with Gasteiger partial charge >= 0.3 is 5.72 Å². The van der Waals surface area contributed by atoms with Gasteiger partial charge in [0, 0.05) is 9.89 Å². The number of amides is 1. The first-order valence-corrected chi connectivity index (χ1v) is 9.35. The van der Waals surface area contributed by atoms with Crippen molar-refractivity contribution in [3.63, 3.8) is 0 Å². The molecular weight excluding hydrogens is 418 g/mol. The molecule has 4 rings (SSSR count). The Kier molecular flexibility index (Phi) is 3.82. The second-order valence-corrected chi connectivity index (χ2v) is 8.63. The molecule has 2 aromatic rings. The van der Waals surface area contributed by atoms with Crippen LogP contribution in [0.15, 0.2) is 52.0 Å². The molecule has 1 amide bonds. The van der Waals surface area contributed by atoms with Crippen LogP contribution in [0.3, 0.4) is 0 Å². The predicted octanol–water partition coefficient (Wildman–Crippen LogP) is 5.10. The van der Waals surface area contributed by atoms with Crippen molar-refractivity contribution in [1.29, 1.82) is 0 Å². The zero-order chi connectivity index (χ0) is 18.7. The summed E-state index contributed by atoms with van der Waals surface area (Å²) in [4.78, 5) is 13.1. The van der Waals surface area contributed by atoms with Gasteiger partial charge in [0.1, 0.15) is 0 Å². The molecule has 1 N–H and O–H groups in total. The smallest absolute Gasteiger partial charge is 0.311 e. The molecule has 1 spiro atoms. The first kappa shape index (κ1) is 17.4. The van der Waals surface area contributed by atoms with Gasteiger partial charge in [-0.1, -0.05) is 60.4 Å². The van der Waals surface area contributed by atoms with Crippen molar-refractivity contribution in [2.75, 3.05) is 10.3 Å². The number of halogens is 2. The number of para-hydroxylation sites is 1. The minimum atomic E-state index is -1.42. The molecule has 134 valence electrons. The average molecular weight is 435 g/mol. The highest BCUT2D eigenvalue weighted by atomic mass is 79.9. The summed E-state index contributed by atoms with van der Waals surface area (Å²) in [5.74, 6) is 0.175. The van der Waals surface area contributed by atoms with Gasteiger partial charge in [-0.05, 0) is 30.3 Å². The third-order valence-corrected chi connectivity index (χ3v) is 5.17. The maximum absolute atomic E-state index is 13.1. The van der Waals surface area contributed by atoms with Gasteiger partial charge < -0.3 is 10.1 Å². The zero-order valence-corrected chi connectivity index (χ0v) is 16.9. The molecule has 5 nitrogen and oxygen atoms in total. The summed E-state index contributed by atoms with van der Waals surface area (Å²) in [5.41, 5.74) is 0.196. The molecule has 1 atom stereocenters. The van der Waals surface area contributed by atoms with E-state index in [1.807, 2.05) is 57.2 Å². The molecule has 2 aromatic carbocycles. The Morgan fingerprint density at radius 2 is 1.96 bits per heavy atom. The van der Waals surface area contributed by atoms with Crippen molar-refractivity contribution in [3.05, 3.63) is 57.5 Å². The molecule has 2 aliphatic rings. The van der Waals surface area contributed by atoms with E-state index in [1.165, 1.54) is 0 Å². The van der Waals surface area contributed by atoms with Crippen molar-refractivity contribution < 1.29 is 9.53 Å². The number of hydrogen-bond donors (Lipinski definition) is 1. The van der Waals surface area contributed by atoms with Crippen molar-refractivity contribution >= 4 is 50.7 Å². The van der Waals surface area contributed by atoms with E-state index < -0.39 is 5.72 Å². The molecule has 0 saturated carbocycles. The summed E-state index contributed by atoms with van der Waals surface area (Å²) in [7, 11) is 0. The highest BCUT2D eigenvalue weighted by Crippen LogP contribution is 2.50. The van der Waals surface area contributed by atoms with Gasteiger partial charge in [-0.15, -0.1) is 5.10 Å². The fourth-order valence-electron chi connectivity index (χ4n) is 3.06. The van der Waals surface area contributed by atoms with E-state index in [2.05, 4.69) is 26.3 Å². The van der Waals surface area contributed by atoms with Crippen molar-refractivity contribution in [2.45, 2.75) is 26.5 Å². The number of carbonyl (C=O) groups excluding carboxylic acids is 1. The number of carbonyl (C=O) groups is 1. The lowest BCUT2D eigenvalue weighted by molar-refractivity contribution is -0.130. The van der Waals surface area contributed by atoms with Crippen LogP contribution in [0.4, 0.5) is 11.4 Å². The molecule has 26 heavy (non-hydrogen) atoms. The van der Waals surface area contributed by atoms with E-state index in [-0.39, 0.29) is 11.3 Å². The largest absolute Gasteiger partial charge is 0.437 e. The summed E-state index contributed by atoms with van der Waals surface area (Å²) in [6.07, 6.45) is 0. The third kappa shape index (κ3) is 2.43. The molecule has 0 radical (unpaired) electrons. The van der Waals surface area contributed by atoms with E-state index in [9.17, 15) is 4.79 Å². The Morgan fingerprint density at radius 1 is 1.23 bits per heavy atom. The molecule has 0 saturated heterocycles. The van der Waals surface area contributed by atoms with Crippen LogP contribution in [0.1, 0.15) is 26.3 Å². The van der Waals surface area contributed by atoms with Gasteiger partial charge in [-0.2, -0.15) is 0 Å². The normalized spacial score (nSPS) is 21.5. The number of nitrogens with zero attached hydrogens (tertiary/aromatic N) is 2. The van der Waals surface area contributed by atoms with Crippen molar-refractivity contribution in [2.24, 2.45) is 10.5 Å². The monoisotopic (exact) mass is 433 g/mol. The van der Waals surface area contributed by atoms with Gasteiger partial charge in [0.25, 0.3) is 5.91 Å². The van der Waals surface area contributed by atoms with Crippen LogP contribution in [-0.2, 0) is 15.3 Å². The Hall–Kier alpha value is -2.05. The first-order chi connectivity index (χ1) is 12.2. The van der Waals surface area contributed by atoms with E-state index in [0.29, 0.717) is 27.9 Å². The van der Waals surface area contributed by atoms with Crippen molar-refractivity contribution in [3.8, 4) is 0 Å². The number of anilines is 2. The van der Waals surface area contributed by atoms with Gasteiger partial charge in [-0.3, -0.25) is 4.79 Å². The van der Waals surface area contributed by atoms with Crippen LogP contribution in [0.2, 0.25) is 5.02 Å². The van der Waals surface area contributed by atoms with Crippen LogP contribution < -0.4 is 10.3 Å². The fourth-order valence-corrected chi connectivity index (χ4v) is 3.64. The lowest BCUT2D eigenvalue weighted by atomic mass is 9.96. The topological polar surface area (TPSA) is 53.9 Å². The van der Waals surface area contributed by atoms with Crippen LogP contribution in [0.5, 0.6) is 0 Å². The quantitative estimate of drug-likeness (QED) is 0.679. The van der Waals surface area contributed by atoms with E-state index >= 15 is 0 Å². The number of ether oxygens (including phenoxy) is 1. The van der Waals surface area contributed by atoms with Gasteiger partial charge in [0.15, 0.2) is 0 Å². The van der Waals surface area contributed by atoms with E-state index in [4.69, 9.17) is 16.3 Å². The molecule has 0 aliphatic carbocycles. The van der Waals surface area contributed by atoms with Crippen molar-refractivity contribution in [1.82, 2.24) is 0 Å². The molecule has 0 aromatic heterocycles. The molecular formula is C19H17BrClN3O2. The van der Waals surface area contributed by atoms with Gasteiger partial charge in [0.2, 0.25) is 5.90 Å². The van der Waals surface area contributed by atoms with Gasteiger partial charge in [0.05, 0.1) is 22.0 Å². The van der Waals surface area contributed by atoms with Crippen LogP contribution in [-0.4, -0.2) is 11.8 Å². The number of hydrogen-bond acceptors (Lipinski definition) is 4. The summed E-state index contributed by atoms with van der Waals surface area (Å²) >= 11 is 9.91. The SMILES string of the molecule is CC(C)(C)C1=NN(c2ccccc2Cl)C2(O1)C(=O)Nc1ccc(Br)cc12. The lowest BCUT2D eigenvalue weighted by Crippen LogP contribution is -2.48. The fraction of sp³-hybridized carbons (Fsp3) is 0.263. The van der Waals surface area contributed by atoms with Crippen LogP contribution >= 0.6 is 27.5 Å².